The first-order valence-electron chi connectivity index (χ1n) is 7.92. The number of hydrogen-bond acceptors (Lipinski definition) is 4. The molecule has 122 valence electrons. The first kappa shape index (κ1) is 16.8. The molecule has 2 rings (SSSR count). The van der Waals surface area contributed by atoms with E-state index in [-0.39, 0.29) is 5.91 Å². The molecule has 1 fully saturated rings. The number of carbonyl (C=O) groups excluding carboxylic acids is 1. The Morgan fingerprint density at radius 2 is 2.05 bits per heavy atom. The maximum Gasteiger partial charge on any atom is 0.240 e. The summed E-state index contributed by atoms with van der Waals surface area (Å²) < 4.78 is 10.5. The summed E-state index contributed by atoms with van der Waals surface area (Å²) in [6.45, 7) is 1.54. The average Bonchev–Trinajstić information content (AvgIpc) is 2.54. The lowest BCUT2D eigenvalue weighted by atomic mass is 9.82. The van der Waals surface area contributed by atoms with E-state index in [4.69, 9.17) is 15.2 Å². The van der Waals surface area contributed by atoms with E-state index >= 15 is 0 Å². The van der Waals surface area contributed by atoms with Gasteiger partial charge in [0.1, 0.15) is 12.4 Å². The molecule has 1 saturated carbocycles. The molecule has 1 amide bonds. The second-order valence-corrected chi connectivity index (χ2v) is 5.89. The van der Waals surface area contributed by atoms with Gasteiger partial charge >= 0.3 is 0 Å². The van der Waals surface area contributed by atoms with Crippen LogP contribution in [-0.2, 0) is 16.1 Å². The number of rotatable bonds is 7. The number of methoxy groups -OCH3 is 1. The predicted octanol–water partition coefficient (Wildman–Crippen LogP) is 1.99. The molecular formula is C17H26N2O3. The van der Waals surface area contributed by atoms with Crippen molar-refractivity contribution >= 4 is 5.91 Å². The molecule has 0 atom stereocenters. The first-order valence-corrected chi connectivity index (χ1v) is 7.92. The molecule has 0 aliphatic heterocycles. The van der Waals surface area contributed by atoms with Crippen molar-refractivity contribution in [1.29, 1.82) is 0 Å². The molecule has 22 heavy (non-hydrogen) atoms. The molecule has 1 aromatic rings. The smallest absolute Gasteiger partial charge is 0.240 e. The predicted molar refractivity (Wildman–Crippen MR) is 85.7 cm³/mol. The lowest BCUT2D eigenvalue weighted by Crippen LogP contribution is -2.54. The normalized spacial score (nSPS) is 17.0. The minimum absolute atomic E-state index is 0.0436. The molecule has 1 aliphatic rings. The summed E-state index contributed by atoms with van der Waals surface area (Å²) in [5.41, 5.74) is 6.54. The summed E-state index contributed by atoms with van der Waals surface area (Å²) in [5.74, 6) is 0.738. The van der Waals surface area contributed by atoms with Crippen LogP contribution in [0.3, 0.4) is 0 Å². The van der Waals surface area contributed by atoms with E-state index in [9.17, 15) is 4.79 Å². The fourth-order valence-electron chi connectivity index (χ4n) is 2.76. The minimum Gasteiger partial charge on any atom is -0.491 e. The maximum atomic E-state index is 12.3. The third kappa shape index (κ3) is 4.71. The summed E-state index contributed by atoms with van der Waals surface area (Å²) >= 11 is 0. The number of nitrogens with two attached hydrogens (primary N) is 1. The minimum atomic E-state index is -0.690. The fraction of sp³-hybridized carbons (Fsp3) is 0.588. The summed E-state index contributed by atoms with van der Waals surface area (Å²) in [6, 6.07) is 7.71. The van der Waals surface area contributed by atoms with Crippen molar-refractivity contribution in [2.45, 2.75) is 44.2 Å². The molecule has 0 saturated heterocycles. The van der Waals surface area contributed by atoms with E-state index in [2.05, 4.69) is 5.32 Å². The lowest BCUT2D eigenvalue weighted by molar-refractivity contribution is -0.127. The van der Waals surface area contributed by atoms with Crippen LogP contribution >= 0.6 is 0 Å². The third-order valence-electron chi connectivity index (χ3n) is 4.11. The SMILES string of the molecule is COCCOc1cccc(CNC(=O)C2(N)CCCCC2)c1. The van der Waals surface area contributed by atoms with Gasteiger partial charge in [-0.25, -0.2) is 0 Å². The van der Waals surface area contributed by atoms with E-state index in [0.717, 1.165) is 37.0 Å². The van der Waals surface area contributed by atoms with Gasteiger partial charge in [-0.15, -0.1) is 0 Å². The Labute approximate surface area is 132 Å². The van der Waals surface area contributed by atoms with E-state index in [1.165, 1.54) is 6.42 Å². The van der Waals surface area contributed by atoms with Crippen LogP contribution in [-0.4, -0.2) is 31.8 Å². The van der Waals surface area contributed by atoms with Gasteiger partial charge in [-0.05, 0) is 30.5 Å². The molecule has 1 aromatic carbocycles. The Hall–Kier alpha value is -1.59. The Morgan fingerprint density at radius 3 is 2.77 bits per heavy atom. The molecule has 3 N–H and O–H groups in total. The van der Waals surface area contributed by atoms with Crippen molar-refractivity contribution < 1.29 is 14.3 Å². The molecule has 0 aromatic heterocycles. The van der Waals surface area contributed by atoms with Gasteiger partial charge in [0.15, 0.2) is 0 Å². The summed E-state index contributed by atoms with van der Waals surface area (Å²) in [7, 11) is 1.64. The van der Waals surface area contributed by atoms with Crippen molar-refractivity contribution in [3.63, 3.8) is 0 Å². The van der Waals surface area contributed by atoms with Gasteiger partial charge in [0.05, 0.1) is 12.1 Å². The van der Waals surface area contributed by atoms with Crippen molar-refractivity contribution in [3.05, 3.63) is 29.8 Å². The summed E-state index contributed by atoms with van der Waals surface area (Å²) in [5, 5.41) is 2.96. The average molecular weight is 306 g/mol. The van der Waals surface area contributed by atoms with Gasteiger partial charge in [0.2, 0.25) is 5.91 Å². The van der Waals surface area contributed by atoms with Crippen LogP contribution in [0, 0.1) is 0 Å². The summed E-state index contributed by atoms with van der Waals surface area (Å²) in [6.07, 6.45) is 4.80. The molecule has 1 aliphatic carbocycles. The van der Waals surface area contributed by atoms with Crippen LogP contribution < -0.4 is 15.8 Å². The van der Waals surface area contributed by atoms with Crippen molar-refractivity contribution in [2.24, 2.45) is 5.73 Å². The highest BCUT2D eigenvalue weighted by atomic mass is 16.5. The third-order valence-corrected chi connectivity index (χ3v) is 4.11. The van der Waals surface area contributed by atoms with Crippen molar-refractivity contribution in [3.8, 4) is 5.75 Å². The zero-order chi connectivity index (χ0) is 15.8. The van der Waals surface area contributed by atoms with Crippen LogP contribution in [0.25, 0.3) is 0 Å². The highest BCUT2D eigenvalue weighted by Crippen LogP contribution is 2.26. The van der Waals surface area contributed by atoms with E-state index in [1.807, 2.05) is 24.3 Å². The van der Waals surface area contributed by atoms with Crippen LogP contribution in [0.1, 0.15) is 37.7 Å². The number of benzene rings is 1. The molecule has 0 heterocycles. The number of nitrogens with one attached hydrogen (secondary N) is 1. The molecule has 0 spiro atoms. The summed E-state index contributed by atoms with van der Waals surface area (Å²) in [4.78, 5) is 12.3. The fourth-order valence-corrected chi connectivity index (χ4v) is 2.76. The molecule has 5 heteroatoms. The Bertz CT molecular complexity index is 485. The first-order chi connectivity index (χ1) is 10.6. The number of ether oxygens (including phenoxy) is 2. The zero-order valence-corrected chi connectivity index (χ0v) is 13.3. The van der Waals surface area contributed by atoms with Crippen LogP contribution in [0.2, 0.25) is 0 Å². The van der Waals surface area contributed by atoms with E-state index in [0.29, 0.717) is 19.8 Å². The number of amides is 1. The molecule has 0 bridgehead atoms. The topological polar surface area (TPSA) is 73.6 Å². The molecular weight excluding hydrogens is 280 g/mol. The van der Waals surface area contributed by atoms with Gasteiger partial charge in [-0.1, -0.05) is 31.4 Å². The molecule has 5 nitrogen and oxygen atoms in total. The zero-order valence-electron chi connectivity index (χ0n) is 13.3. The van der Waals surface area contributed by atoms with E-state index < -0.39 is 5.54 Å². The van der Waals surface area contributed by atoms with Gasteiger partial charge in [-0.3, -0.25) is 4.79 Å². The Morgan fingerprint density at radius 1 is 1.27 bits per heavy atom. The highest BCUT2D eigenvalue weighted by Gasteiger charge is 2.34. The van der Waals surface area contributed by atoms with E-state index in [1.54, 1.807) is 7.11 Å². The van der Waals surface area contributed by atoms with Crippen LogP contribution in [0.4, 0.5) is 0 Å². The number of carbonyl (C=O) groups is 1. The van der Waals surface area contributed by atoms with Crippen LogP contribution in [0.15, 0.2) is 24.3 Å². The van der Waals surface area contributed by atoms with Gasteiger partial charge in [0.25, 0.3) is 0 Å². The maximum absolute atomic E-state index is 12.3. The molecule has 0 radical (unpaired) electrons. The quantitative estimate of drug-likeness (QED) is 0.756. The van der Waals surface area contributed by atoms with Gasteiger partial charge in [0, 0.05) is 13.7 Å². The second-order valence-electron chi connectivity index (χ2n) is 5.89. The van der Waals surface area contributed by atoms with Gasteiger partial charge in [-0.2, -0.15) is 0 Å². The Kier molecular flexibility index (Phi) is 6.21. The largest absolute Gasteiger partial charge is 0.491 e. The number of hydrogen-bond donors (Lipinski definition) is 2. The van der Waals surface area contributed by atoms with Gasteiger partial charge < -0.3 is 20.5 Å². The van der Waals surface area contributed by atoms with Crippen molar-refractivity contribution in [1.82, 2.24) is 5.32 Å². The lowest BCUT2D eigenvalue weighted by Gasteiger charge is -2.31. The van der Waals surface area contributed by atoms with Crippen LogP contribution in [0.5, 0.6) is 5.75 Å². The second kappa shape index (κ2) is 8.15. The van der Waals surface area contributed by atoms with Crippen molar-refractivity contribution in [2.75, 3.05) is 20.3 Å². The molecule has 0 unspecified atom stereocenters. The highest BCUT2D eigenvalue weighted by molar-refractivity contribution is 5.86. The monoisotopic (exact) mass is 306 g/mol. The Balaban J connectivity index is 1.85. The standard InChI is InChI=1S/C17H26N2O3/c1-21-10-11-22-15-7-5-6-14(12-15)13-19-16(20)17(18)8-3-2-4-9-17/h5-7,12H,2-4,8-11,13,18H2,1H3,(H,19,20).